The fourth-order valence-corrected chi connectivity index (χ4v) is 4.46. The van der Waals surface area contributed by atoms with Crippen LogP contribution in [0.1, 0.15) is 6.92 Å². The molecule has 25 heavy (non-hydrogen) atoms. The van der Waals surface area contributed by atoms with Gasteiger partial charge in [-0.1, -0.05) is 41.6 Å². The summed E-state index contributed by atoms with van der Waals surface area (Å²) in [6.45, 7) is 1.46. The van der Waals surface area contributed by atoms with Gasteiger partial charge in [0.25, 0.3) is 0 Å². The van der Waals surface area contributed by atoms with Crippen LogP contribution >= 0.6 is 34.7 Å². The van der Waals surface area contributed by atoms with Crippen LogP contribution in [0.15, 0.2) is 22.5 Å². The zero-order valence-electron chi connectivity index (χ0n) is 13.2. The van der Waals surface area contributed by atoms with Crippen LogP contribution in [0.25, 0.3) is 0 Å². The summed E-state index contributed by atoms with van der Waals surface area (Å²) in [5.41, 5.74) is 0.0866. The van der Waals surface area contributed by atoms with Gasteiger partial charge in [-0.05, 0) is 24.0 Å². The molecule has 0 radical (unpaired) electrons. The topological polar surface area (TPSA) is 92.3 Å². The first kappa shape index (κ1) is 19.9. The lowest BCUT2D eigenvalue weighted by atomic mass is 10.3. The second kappa shape index (κ2) is 8.30. The van der Waals surface area contributed by atoms with Gasteiger partial charge in [0, 0.05) is 0 Å². The fourth-order valence-electron chi connectivity index (χ4n) is 1.77. The lowest BCUT2D eigenvalue weighted by molar-refractivity contribution is -0.114. The van der Waals surface area contributed by atoms with Crippen LogP contribution in [0.2, 0.25) is 5.02 Å². The van der Waals surface area contributed by atoms with Gasteiger partial charge in [-0.15, -0.1) is 10.2 Å². The monoisotopic (exact) mass is 424 g/mol. The minimum absolute atomic E-state index is 0.0866. The summed E-state index contributed by atoms with van der Waals surface area (Å²) in [6, 6.07) is 3.41. The Morgan fingerprint density at radius 2 is 2.16 bits per heavy atom. The molecule has 2 rings (SSSR count). The number of carbonyl (C=O) groups excluding carboxylic acids is 1. The first-order valence-corrected chi connectivity index (χ1v) is 10.9. The van der Waals surface area contributed by atoms with E-state index >= 15 is 0 Å². The van der Waals surface area contributed by atoms with Crippen molar-refractivity contribution < 1.29 is 17.6 Å². The molecule has 1 amide bonds. The molecule has 2 aromatic rings. The van der Waals surface area contributed by atoms with Gasteiger partial charge in [0.15, 0.2) is 4.34 Å². The largest absolute Gasteiger partial charge is 0.299 e. The Kier molecular flexibility index (Phi) is 6.60. The smallest absolute Gasteiger partial charge is 0.246 e. The third-order valence-electron chi connectivity index (χ3n) is 2.80. The van der Waals surface area contributed by atoms with Crippen molar-refractivity contribution in [2.45, 2.75) is 11.3 Å². The molecule has 0 bridgehead atoms. The van der Waals surface area contributed by atoms with E-state index in [1.165, 1.54) is 29.2 Å². The molecule has 0 saturated heterocycles. The van der Waals surface area contributed by atoms with Crippen LogP contribution in [0, 0.1) is 5.82 Å². The van der Waals surface area contributed by atoms with Gasteiger partial charge in [0.2, 0.25) is 21.1 Å². The zero-order valence-corrected chi connectivity index (χ0v) is 16.4. The maximum absolute atomic E-state index is 13.3. The summed E-state index contributed by atoms with van der Waals surface area (Å²) < 4.78 is 38.8. The summed E-state index contributed by atoms with van der Waals surface area (Å²) in [4.78, 5) is 12.2. The minimum Gasteiger partial charge on any atom is -0.299 e. The molecule has 0 aliphatic carbocycles. The number of rotatable bonds is 7. The highest BCUT2D eigenvalue weighted by Crippen LogP contribution is 2.26. The SMILES string of the molecule is CCSc1nnc(NC(=O)CN(c2ccc(F)c(Cl)c2)S(C)(=O)=O)s1. The Hall–Kier alpha value is -1.43. The highest BCUT2D eigenvalue weighted by molar-refractivity contribution is 8.01. The summed E-state index contributed by atoms with van der Waals surface area (Å²) in [7, 11) is -3.78. The quantitative estimate of drug-likeness (QED) is 0.542. The van der Waals surface area contributed by atoms with Gasteiger partial charge in [-0.3, -0.25) is 14.4 Å². The number of hydrogen-bond donors (Lipinski definition) is 1. The molecule has 0 unspecified atom stereocenters. The van der Waals surface area contributed by atoms with Crippen molar-refractivity contribution in [1.29, 1.82) is 0 Å². The number of carbonyl (C=O) groups is 1. The molecule has 136 valence electrons. The standard InChI is InChI=1S/C13H14ClFN4O3S3/c1-3-23-13-18-17-12(24-13)16-11(20)7-19(25(2,21)22)8-4-5-10(15)9(14)6-8/h4-6H,3,7H2,1-2H3,(H,16,17,20). The average Bonchev–Trinajstić information content (AvgIpc) is 2.94. The van der Waals surface area contributed by atoms with Gasteiger partial charge in [0.1, 0.15) is 12.4 Å². The van der Waals surface area contributed by atoms with Gasteiger partial charge in [0.05, 0.1) is 17.0 Å². The lowest BCUT2D eigenvalue weighted by Crippen LogP contribution is -2.37. The lowest BCUT2D eigenvalue weighted by Gasteiger charge is -2.21. The summed E-state index contributed by atoms with van der Waals surface area (Å²) >= 11 is 8.36. The number of hydrogen-bond acceptors (Lipinski definition) is 7. The fraction of sp³-hybridized carbons (Fsp3) is 0.308. The van der Waals surface area contributed by atoms with E-state index in [-0.39, 0.29) is 15.8 Å². The van der Waals surface area contributed by atoms with Crippen LogP contribution in [-0.4, -0.2) is 43.1 Å². The number of nitrogens with zero attached hydrogens (tertiary/aromatic N) is 3. The van der Waals surface area contributed by atoms with E-state index in [0.29, 0.717) is 4.34 Å². The van der Waals surface area contributed by atoms with Crippen molar-refractivity contribution in [3.63, 3.8) is 0 Å². The van der Waals surface area contributed by atoms with E-state index in [9.17, 15) is 17.6 Å². The van der Waals surface area contributed by atoms with Crippen molar-refractivity contribution in [3.8, 4) is 0 Å². The number of benzene rings is 1. The molecule has 7 nitrogen and oxygen atoms in total. The molecule has 0 saturated carbocycles. The van der Waals surface area contributed by atoms with Crippen molar-refractivity contribution in [3.05, 3.63) is 29.0 Å². The van der Waals surface area contributed by atoms with E-state index in [1.54, 1.807) is 0 Å². The predicted molar refractivity (Wildman–Crippen MR) is 98.5 cm³/mol. The summed E-state index contributed by atoms with van der Waals surface area (Å²) in [6.07, 6.45) is 0.943. The Morgan fingerprint density at radius 3 is 2.76 bits per heavy atom. The molecule has 1 aromatic carbocycles. The first-order valence-electron chi connectivity index (χ1n) is 6.89. The number of aromatic nitrogens is 2. The minimum atomic E-state index is -3.78. The molecule has 0 spiro atoms. The number of anilines is 2. The average molecular weight is 425 g/mol. The van der Waals surface area contributed by atoms with E-state index in [2.05, 4.69) is 15.5 Å². The van der Waals surface area contributed by atoms with Gasteiger partial charge >= 0.3 is 0 Å². The second-order valence-electron chi connectivity index (χ2n) is 4.72. The molecule has 1 aromatic heterocycles. The molecule has 0 aliphatic rings. The van der Waals surface area contributed by atoms with E-state index in [1.807, 2.05) is 6.92 Å². The zero-order chi connectivity index (χ0) is 18.6. The van der Waals surface area contributed by atoms with Crippen LogP contribution in [0.4, 0.5) is 15.2 Å². The van der Waals surface area contributed by atoms with Gasteiger partial charge < -0.3 is 0 Å². The van der Waals surface area contributed by atoms with Crippen molar-refractivity contribution >= 4 is 61.4 Å². The first-order chi connectivity index (χ1) is 11.7. The van der Waals surface area contributed by atoms with Crippen LogP contribution in [0.3, 0.4) is 0 Å². The summed E-state index contributed by atoms with van der Waals surface area (Å²) in [5, 5.41) is 10.2. The molecular formula is C13H14ClFN4O3S3. The maximum Gasteiger partial charge on any atom is 0.246 e. The Morgan fingerprint density at radius 1 is 1.44 bits per heavy atom. The molecule has 0 aliphatic heterocycles. The van der Waals surface area contributed by atoms with E-state index in [4.69, 9.17) is 11.6 Å². The number of halogens is 2. The normalized spacial score (nSPS) is 11.4. The molecule has 1 heterocycles. The third kappa shape index (κ3) is 5.53. The highest BCUT2D eigenvalue weighted by atomic mass is 35.5. The Bertz CT molecular complexity index is 875. The predicted octanol–water partition coefficient (Wildman–Crippen LogP) is 2.85. The molecule has 12 heteroatoms. The number of nitrogens with one attached hydrogen (secondary N) is 1. The van der Waals surface area contributed by atoms with Crippen LogP contribution in [0.5, 0.6) is 0 Å². The van der Waals surface area contributed by atoms with Crippen molar-refractivity contribution in [2.75, 3.05) is 28.2 Å². The van der Waals surface area contributed by atoms with Crippen molar-refractivity contribution in [2.24, 2.45) is 0 Å². The summed E-state index contributed by atoms with van der Waals surface area (Å²) in [5.74, 6) is -0.469. The van der Waals surface area contributed by atoms with E-state index in [0.717, 1.165) is 28.4 Å². The Labute approximate surface area is 157 Å². The van der Waals surface area contributed by atoms with Gasteiger partial charge in [-0.2, -0.15) is 0 Å². The van der Waals surface area contributed by atoms with Crippen molar-refractivity contribution in [1.82, 2.24) is 10.2 Å². The number of amides is 1. The number of sulfonamides is 1. The molecular weight excluding hydrogens is 411 g/mol. The second-order valence-corrected chi connectivity index (χ2v) is 9.53. The van der Waals surface area contributed by atoms with Crippen LogP contribution < -0.4 is 9.62 Å². The highest BCUT2D eigenvalue weighted by Gasteiger charge is 2.22. The Balaban J connectivity index is 2.16. The van der Waals surface area contributed by atoms with Gasteiger partial charge in [-0.25, -0.2) is 12.8 Å². The number of thioether (sulfide) groups is 1. The third-order valence-corrected chi connectivity index (χ3v) is 6.08. The van der Waals surface area contributed by atoms with E-state index < -0.39 is 28.3 Å². The van der Waals surface area contributed by atoms with Crippen LogP contribution in [-0.2, 0) is 14.8 Å². The molecule has 0 atom stereocenters. The maximum atomic E-state index is 13.3. The molecule has 1 N–H and O–H groups in total. The molecule has 0 fully saturated rings.